The van der Waals surface area contributed by atoms with E-state index in [1.165, 1.54) is 28.0 Å². The summed E-state index contributed by atoms with van der Waals surface area (Å²) in [6.07, 6.45) is 3.05. The predicted octanol–water partition coefficient (Wildman–Crippen LogP) is 4.86. The Kier molecular flexibility index (Phi) is 6.47. The second kappa shape index (κ2) is 9.72. The van der Waals surface area contributed by atoms with Crippen molar-refractivity contribution in [3.63, 3.8) is 0 Å². The van der Waals surface area contributed by atoms with Crippen LogP contribution >= 0.6 is 11.3 Å². The SMILES string of the molecule is CC(C)n1c(=O)c(C#N)cc2c(F)cc(-c3nc(Nc4nc(C5CCNCC5)cs4)ncc3F)cc21. The van der Waals surface area contributed by atoms with E-state index in [9.17, 15) is 14.4 Å². The summed E-state index contributed by atoms with van der Waals surface area (Å²) >= 11 is 1.42. The molecule has 5 rings (SSSR count). The minimum atomic E-state index is -0.735. The van der Waals surface area contributed by atoms with Crippen LogP contribution < -0.4 is 16.2 Å². The first-order chi connectivity index (χ1) is 17.4. The van der Waals surface area contributed by atoms with Gasteiger partial charge >= 0.3 is 0 Å². The van der Waals surface area contributed by atoms with Gasteiger partial charge in [0.25, 0.3) is 5.56 Å². The van der Waals surface area contributed by atoms with Gasteiger partial charge in [-0.2, -0.15) is 5.26 Å². The molecule has 2 N–H and O–H groups in total. The highest BCUT2D eigenvalue weighted by Crippen LogP contribution is 2.31. The highest BCUT2D eigenvalue weighted by Gasteiger charge is 2.20. The van der Waals surface area contributed by atoms with Crippen molar-refractivity contribution in [1.29, 1.82) is 5.26 Å². The monoisotopic (exact) mass is 507 g/mol. The van der Waals surface area contributed by atoms with E-state index >= 15 is 4.39 Å². The number of pyridine rings is 1. The zero-order valence-electron chi connectivity index (χ0n) is 19.7. The average molecular weight is 508 g/mol. The Morgan fingerprint density at radius 1 is 1.19 bits per heavy atom. The minimum Gasteiger partial charge on any atom is -0.317 e. The minimum absolute atomic E-state index is 0.102. The number of hydrogen-bond acceptors (Lipinski definition) is 8. The number of anilines is 2. The molecule has 184 valence electrons. The third kappa shape index (κ3) is 4.45. The normalized spacial score (nSPS) is 14.3. The van der Waals surface area contributed by atoms with Crippen LogP contribution in [0.5, 0.6) is 0 Å². The van der Waals surface area contributed by atoms with Gasteiger partial charge in [-0.15, -0.1) is 11.3 Å². The summed E-state index contributed by atoms with van der Waals surface area (Å²) < 4.78 is 31.3. The third-order valence-electron chi connectivity index (χ3n) is 6.26. The molecule has 0 atom stereocenters. The van der Waals surface area contributed by atoms with Gasteiger partial charge in [-0.25, -0.2) is 23.7 Å². The first-order valence-electron chi connectivity index (χ1n) is 11.6. The fraction of sp³-hybridized carbons (Fsp3) is 0.320. The van der Waals surface area contributed by atoms with Gasteiger partial charge in [0, 0.05) is 28.3 Å². The van der Waals surface area contributed by atoms with Crippen LogP contribution in [0.2, 0.25) is 0 Å². The average Bonchev–Trinajstić information content (AvgIpc) is 3.33. The molecule has 0 aliphatic carbocycles. The Balaban J connectivity index is 1.53. The van der Waals surface area contributed by atoms with Crippen LogP contribution in [0.25, 0.3) is 22.2 Å². The lowest BCUT2D eigenvalue weighted by molar-refractivity contribution is 0.455. The maximum atomic E-state index is 15.2. The molecule has 3 aromatic heterocycles. The lowest BCUT2D eigenvalue weighted by Gasteiger charge is -2.20. The van der Waals surface area contributed by atoms with E-state index in [0.717, 1.165) is 43.9 Å². The summed E-state index contributed by atoms with van der Waals surface area (Å²) in [4.78, 5) is 25.7. The number of nitriles is 1. The Labute approximate surface area is 209 Å². The highest BCUT2D eigenvalue weighted by molar-refractivity contribution is 7.13. The molecule has 0 spiro atoms. The third-order valence-corrected chi connectivity index (χ3v) is 7.03. The number of thiazole rings is 1. The molecule has 1 fully saturated rings. The Morgan fingerprint density at radius 2 is 1.97 bits per heavy atom. The van der Waals surface area contributed by atoms with Crippen LogP contribution in [-0.2, 0) is 0 Å². The summed E-state index contributed by atoms with van der Waals surface area (Å²) in [7, 11) is 0. The van der Waals surface area contributed by atoms with Gasteiger partial charge < -0.3 is 15.2 Å². The Morgan fingerprint density at radius 3 is 2.69 bits per heavy atom. The molecule has 0 unspecified atom stereocenters. The van der Waals surface area contributed by atoms with Gasteiger partial charge in [-0.05, 0) is 58.0 Å². The smallest absolute Gasteiger partial charge is 0.269 e. The fourth-order valence-corrected chi connectivity index (χ4v) is 5.28. The molecule has 0 bridgehead atoms. The molecule has 1 aromatic carbocycles. The summed E-state index contributed by atoms with van der Waals surface area (Å²) in [6, 6.07) is 5.35. The van der Waals surface area contributed by atoms with Crippen molar-refractivity contribution in [2.75, 3.05) is 18.4 Å². The Bertz CT molecular complexity index is 1550. The second-order valence-electron chi connectivity index (χ2n) is 8.95. The predicted molar refractivity (Wildman–Crippen MR) is 134 cm³/mol. The number of benzene rings is 1. The second-order valence-corrected chi connectivity index (χ2v) is 9.80. The van der Waals surface area contributed by atoms with Crippen LogP contribution in [0, 0.1) is 23.0 Å². The van der Waals surface area contributed by atoms with Crippen molar-refractivity contribution in [3.8, 4) is 17.3 Å². The van der Waals surface area contributed by atoms with E-state index in [4.69, 9.17) is 0 Å². The first kappa shape index (κ1) is 24.0. The summed E-state index contributed by atoms with van der Waals surface area (Å²) in [5.74, 6) is -0.906. The molecule has 8 nitrogen and oxygen atoms in total. The number of nitrogens with zero attached hydrogens (tertiary/aromatic N) is 5. The molecular formula is C25H23F2N7OS. The number of nitrogens with one attached hydrogen (secondary N) is 2. The largest absolute Gasteiger partial charge is 0.317 e. The van der Waals surface area contributed by atoms with E-state index in [1.54, 1.807) is 13.8 Å². The number of hydrogen-bond donors (Lipinski definition) is 2. The molecule has 4 heterocycles. The van der Waals surface area contributed by atoms with Gasteiger partial charge in [0.2, 0.25) is 5.95 Å². The summed E-state index contributed by atoms with van der Waals surface area (Å²) in [5, 5.41) is 18.4. The zero-order valence-corrected chi connectivity index (χ0v) is 20.5. The van der Waals surface area contributed by atoms with E-state index in [-0.39, 0.29) is 39.7 Å². The van der Waals surface area contributed by atoms with Gasteiger partial charge in [0.05, 0.1) is 17.4 Å². The molecule has 0 amide bonds. The fourth-order valence-electron chi connectivity index (χ4n) is 4.49. The molecule has 36 heavy (non-hydrogen) atoms. The van der Waals surface area contributed by atoms with E-state index < -0.39 is 17.2 Å². The van der Waals surface area contributed by atoms with Crippen LogP contribution in [0.3, 0.4) is 0 Å². The van der Waals surface area contributed by atoms with Gasteiger partial charge in [-0.3, -0.25) is 4.79 Å². The number of fused-ring (bicyclic) bond motifs is 1. The number of piperidine rings is 1. The molecule has 0 saturated carbocycles. The molecule has 1 saturated heterocycles. The summed E-state index contributed by atoms with van der Waals surface area (Å²) in [5.41, 5.74) is 0.603. The van der Waals surface area contributed by atoms with Gasteiger partial charge in [-0.1, -0.05) is 0 Å². The molecule has 11 heteroatoms. The van der Waals surface area contributed by atoms with Crippen LogP contribution in [0.1, 0.15) is 49.9 Å². The zero-order chi connectivity index (χ0) is 25.4. The topological polar surface area (TPSA) is 109 Å². The van der Waals surface area contributed by atoms with E-state index in [1.807, 2.05) is 11.4 Å². The lowest BCUT2D eigenvalue weighted by atomic mass is 9.96. The van der Waals surface area contributed by atoms with Crippen LogP contribution in [0.15, 0.2) is 34.6 Å². The molecule has 1 aliphatic heterocycles. The quantitative estimate of drug-likeness (QED) is 0.397. The van der Waals surface area contributed by atoms with Crippen molar-refractivity contribution in [2.45, 2.75) is 38.6 Å². The van der Waals surface area contributed by atoms with Gasteiger partial charge in [0.15, 0.2) is 10.9 Å². The number of rotatable bonds is 5. The van der Waals surface area contributed by atoms with Crippen molar-refractivity contribution in [3.05, 3.63) is 63.0 Å². The van der Waals surface area contributed by atoms with E-state index in [2.05, 4.69) is 25.6 Å². The van der Waals surface area contributed by atoms with Crippen molar-refractivity contribution < 1.29 is 8.78 Å². The molecule has 0 radical (unpaired) electrons. The highest BCUT2D eigenvalue weighted by atomic mass is 32.1. The molecular weight excluding hydrogens is 484 g/mol. The van der Waals surface area contributed by atoms with Crippen LogP contribution in [0.4, 0.5) is 19.9 Å². The number of halogens is 2. The van der Waals surface area contributed by atoms with Gasteiger partial charge in [0.1, 0.15) is 23.1 Å². The summed E-state index contributed by atoms with van der Waals surface area (Å²) in [6.45, 7) is 5.43. The maximum Gasteiger partial charge on any atom is 0.269 e. The van der Waals surface area contributed by atoms with Crippen molar-refractivity contribution in [1.82, 2.24) is 24.8 Å². The number of aromatic nitrogens is 4. The van der Waals surface area contributed by atoms with E-state index in [0.29, 0.717) is 11.0 Å². The maximum absolute atomic E-state index is 15.2. The van der Waals surface area contributed by atoms with Crippen molar-refractivity contribution in [2.24, 2.45) is 0 Å². The lowest BCUT2D eigenvalue weighted by Crippen LogP contribution is -2.26. The van der Waals surface area contributed by atoms with Crippen molar-refractivity contribution >= 4 is 33.3 Å². The standard InChI is InChI=1S/C25H23F2N7OS/c1-13(2)34-21-9-15(8-18(26)17(21)7-16(10-28)23(34)35)22-19(27)11-30-24(32-22)33-25-31-20(12-36-25)14-3-5-29-6-4-14/h7-9,11-14,29H,3-6H2,1-2H3,(H,30,31,32,33). The molecule has 1 aliphatic rings. The van der Waals surface area contributed by atoms with Crippen LogP contribution in [-0.4, -0.2) is 32.6 Å². The Hall–Kier alpha value is -3.75. The first-order valence-corrected chi connectivity index (χ1v) is 12.5. The molecule has 4 aromatic rings.